The molecular weight excluding hydrogens is 392 g/mol. The third-order valence-corrected chi connectivity index (χ3v) is 6.01. The van der Waals surface area contributed by atoms with E-state index in [1.54, 1.807) is 0 Å². The maximum Gasteiger partial charge on any atom is 0.270 e. The molecule has 1 unspecified atom stereocenters. The summed E-state index contributed by atoms with van der Waals surface area (Å²) in [5.74, 6) is -0.249. The van der Waals surface area contributed by atoms with Crippen LogP contribution in [0.5, 0.6) is 0 Å². The van der Waals surface area contributed by atoms with Crippen LogP contribution in [0.4, 0.5) is 5.69 Å². The number of anilines is 1. The van der Waals surface area contributed by atoms with Gasteiger partial charge in [-0.2, -0.15) is 4.99 Å². The van der Waals surface area contributed by atoms with E-state index in [4.69, 9.17) is 10.8 Å². The van der Waals surface area contributed by atoms with Crippen molar-refractivity contribution in [2.75, 3.05) is 18.5 Å². The van der Waals surface area contributed by atoms with Crippen molar-refractivity contribution in [1.29, 1.82) is 0 Å². The molecule has 1 aromatic carbocycles. The fraction of sp³-hybridized carbons (Fsp3) is 0.542. The van der Waals surface area contributed by atoms with E-state index in [1.165, 1.54) is 37.0 Å². The number of aliphatic hydroxyl groups excluding tert-OH is 1. The molecule has 0 spiro atoms. The Morgan fingerprint density at radius 2 is 1.74 bits per heavy atom. The second-order valence-corrected chi connectivity index (χ2v) is 8.36. The van der Waals surface area contributed by atoms with Crippen molar-refractivity contribution >= 4 is 29.0 Å². The zero-order valence-electron chi connectivity index (χ0n) is 18.2. The molecule has 3 rings (SSSR count). The van der Waals surface area contributed by atoms with Gasteiger partial charge in [-0.3, -0.25) is 14.5 Å². The number of benzene rings is 1. The number of rotatable bonds is 12. The minimum Gasteiger partial charge on any atom is -0.396 e. The van der Waals surface area contributed by atoms with Crippen LogP contribution in [0.2, 0.25) is 0 Å². The van der Waals surface area contributed by atoms with Crippen molar-refractivity contribution in [3.8, 4) is 0 Å². The van der Waals surface area contributed by atoms with Crippen LogP contribution in [0.3, 0.4) is 0 Å². The SMILES string of the molecule is C=C1c2ccc(NCCCCCCCCCCO)cc2C(=O)N1C1CCC(N)=NC1=O. The van der Waals surface area contributed by atoms with Gasteiger partial charge in [-0.05, 0) is 31.4 Å². The van der Waals surface area contributed by atoms with Crippen molar-refractivity contribution in [1.82, 2.24) is 4.90 Å². The van der Waals surface area contributed by atoms with E-state index in [9.17, 15) is 9.59 Å². The summed E-state index contributed by atoms with van der Waals surface area (Å²) in [6.45, 7) is 5.21. The predicted octanol–water partition coefficient (Wildman–Crippen LogP) is 3.68. The summed E-state index contributed by atoms with van der Waals surface area (Å²) in [7, 11) is 0. The number of nitrogens with two attached hydrogens (primary N) is 1. The Kier molecular flexibility index (Phi) is 8.23. The number of amides is 2. The lowest BCUT2D eigenvalue weighted by Gasteiger charge is -2.28. The number of hydrogen-bond donors (Lipinski definition) is 3. The number of carbonyl (C=O) groups is 2. The van der Waals surface area contributed by atoms with Crippen molar-refractivity contribution in [2.24, 2.45) is 10.7 Å². The lowest BCUT2D eigenvalue weighted by Crippen LogP contribution is -2.43. The first kappa shape index (κ1) is 23.0. The van der Waals surface area contributed by atoms with Gasteiger partial charge in [-0.25, -0.2) is 0 Å². The number of nitrogens with one attached hydrogen (secondary N) is 1. The Morgan fingerprint density at radius 1 is 1.06 bits per heavy atom. The Hall–Kier alpha value is -2.67. The minimum atomic E-state index is -0.625. The van der Waals surface area contributed by atoms with Gasteiger partial charge in [-0.1, -0.05) is 51.2 Å². The molecule has 0 fully saturated rings. The fourth-order valence-electron chi connectivity index (χ4n) is 4.24. The normalized spacial score (nSPS) is 18.4. The van der Waals surface area contributed by atoms with Gasteiger partial charge >= 0.3 is 0 Å². The third-order valence-electron chi connectivity index (χ3n) is 6.01. The van der Waals surface area contributed by atoms with Gasteiger partial charge in [0.15, 0.2) is 0 Å². The third kappa shape index (κ3) is 5.73. The highest BCUT2D eigenvalue weighted by molar-refractivity contribution is 6.12. The van der Waals surface area contributed by atoms with Crippen LogP contribution in [0.1, 0.15) is 80.1 Å². The molecule has 2 amide bonds. The number of amidine groups is 1. The van der Waals surface area contributed by atoms with Crippen molar-refractivity contribution in [2.45, 2.75) is 70.3 Å². The second kappa shape index (κ2) is 11.1. The topological polar surface area (TPSA) is 108 Å². The second-order valence-electron chi connectivity index (χ2n) is 8.36. The number of aliphatic imine (C=N–C) groups is 1. The molecule has 0 radical (unpaired) electrons. The van der Waals surface area contributed by atoms with Crippen molar-refractivity contribution < 1.29 is 14.7 Å². The quantitative estimate of drug-likeness (QED) is 0.442. The summed E-state index contributed by atoms with van der Waals surface area (Å²) in [6, 6.07) is 5.09. The van der Waals surface area contributed by atoms with Gasteiger partial charge in [-0.15, -0.1) is 0 Å². The molecule has 7 nitrogen and oxygen atoms in total. The van der Waals surface area contributed by atoms with E-state index in [-0.39, 0.29) is 11.8 Å². The van der Waals surface area contributed by atoms with E-state index >= 15 is 0 Å². The summed E-state index contributed by atoms with van der Waals surface area (Å²) in [5, 5.41) is 12.2. The number of aliphatic hydroxyl groups is 1. The summed E-state index contributed by atoms with van der Waals surface area (Å²) >= 11 is 0. The zero-order chi connectivity index (χ0) is 22.2. The van der Waals surface area contributed by atoms with E-state index in [0.717, 1.165) is 37.1 Å². The van der Waals surface area contributed by atoms with Crippen LogP contribution in [-0.2, 0) is 4.79 Å². The fourth-order valence-corrected chi connectivity index (χ4v) is 4.24. The monoisotopic (exact) mass is 426 g/mol. The molecule has 168 valence electrons. The van der Waals surface area contributed by atoms with Gasteiger partial charge < -0.3 is 16.2 Å². The standard InChI is InChI=1S/C24H34N4O3/c1-17-19-11-10-18(26-14-8-6-4-2-3-5-7-9-15-29)16-20(19)24(31)28(17)21-12-13-22(25)27-23(21)30/h10-11,16,21,26,29H,1-9,12-15H2,(H2,25,27,30). The average Bonchev–Trinajstić information content (AvgIpc) is 2.99. The molecule has 2 heterocycles. The molecule has 2 aliphatic heterocycles. The molecular formula is C24H34N4O3. The van der Waals surface area contributed by atoms with E-state index in [1.807, 2.05) is 18.2 Å². The van der Waals surface area contributed by atoms with Gasteiger partial charge in [0.2, 0.25) is 0 Å². The summed E-state index contributed by atoms with van der Waals surface area (Å²) < 4.78 is 0. The van der Waals surface area contributed by atoms with Gasteiger partial charge in [0.05, 0.1) is 5.56 Å². The summed E-state index contributed by atoms with van der Waals surface area (Å²) in [4.78, 5) is 30.6. The number of carbonyl (C=O) groups excluding carboxylic acids is 2. The molecule has 0 bridgehead atoms. The smallest absolute Gasteiger partial charge is 0.270 e. The van der Waals surface area contributed by atoms with Gasteiger partial charge in [0.1, 0.15) is 11.9 Å². The van der Waals surface area contributed by atoms with Crippen molar-refractivity contribution in [3.05, 3.63) is 35.9 Å². The maximum absolute atomic E-state index is 13.0. The Bertz CT molecular complexity index is 849. The lowest BCUT2D eigenvalue weighted by molar-refractivity contribution is -0.121. The molecule has 1 aromatic rings. The highest BCUT2D eigenvalue weighted by Crippen LogP contribution is 2.36. The number of fused-ring (bicyclic) bond motifs is 1. The predicted molar refractivity (Wildman–Crippen MR) is 124 cm³/mol. The first-order valence-corrected chi connectivity index (χ1v) is 11.4. The molecule has 0 aromatic heterocycles. The largest absolute Gasteiger partial charge is 0.396 e. The van der Waals surface area contributed by atoms with E-state index in [2.05, 4.69) is 16.9 Å². The van der Waals surface area contributed by atoms with Crippen LogP contribution in [0, 0.1) is 0 Å². The van der Waals surface area contributed by atoms with Crippen LogP contribution in [-0.4, -0.2) is 46.8 Å². The van der Waals surface area contributed by atoms with Crippen LogP contribution in [0.25, 0.3) is 5.70 Å². The molecule has 0 saturated carbocycles. The van der Waals surface area contributed by atoms with Gasteiger partial charge in [0.25, 0.3) is 11.8 Å². The van der Waals surface area contributed by atoms with Crippen molar-refractivity contribution in [3.63, 3.8) is 0 Å². The molecule has 4 N–H and O–H groups in total. The van der Waals surface area contributed by atoms with Gasteiger partial charge in [0, 0.05) is 36.5 Å². The van der Waals surface area contributed by atoms with E-state index < -0.39 is 6.04 Å². The van der Waals surface area contributed by atoms with Crippen LogP contribution < -0.4 is 11.1 Å². The zero-order valence-corrected chi connectivity index (χ0v) is 18.2. The molecule has 1 atom stereocenters. The highest BCUT2D eigenvalue weighted by Gasteiger charge is 2.40. The molecule has 2 aliphatic rings. The van der Waals surface area contributed by atoms with E-state index in [0.29, 0.717) is 36.5 Å². The lowest BCUT2D eigenvalue weighted by atomic mass is 10.1. The molecule has 7 heteroatoms. The van der Waals surface area contributed by atoms with Crippen LogP contribution in [0.15, 0.2) is 29.8 Å². The highest BCUT2D eigenvalue weighted by atomic mass is 16.3. The minimum absolute atomic E-state index is 0.195. The number of hydrogen-bond acceptors (Lipinski definition) is 5. The summed E-state index contributed by atoms with van der Waals surface area (Å²) in [5.41, 5.74) is 8.46. The number of nitrogens with zero attached hydrogens (tertiary/aromatic N) is 2. The molecule has 0 saturated heterocycles. The van der Waals surface area contributed by atoms with Crippen LogP contribution >= 0.6 is 0 Å². The first-order chi connectivity index (χ1) is 15.0. The molecule has 31 heavy (non-hydrogen) atoms. The maximum atomic E-state index is 13.0. The number of unbranched alkanes of at least 4 members (excludes halogenated alkanes) is 7. The summed E-state index contributed by atoms with van der Waals surface area (Å²) in [6.07, 6.45) is 10.2. The molecule has 0 aliphatic carbocycles. The first-order valence-electron chi connectivity index (χ1n) is 11.4. The Labute approximate surface area is 184 Å². The average molecular weight is 427 g/mol. The Morgan fingerprint density at radius 3 is 2.42 bits per heavy atom. The Balaban J connectivity index is 1.47.